The van der Waals surface area contributed by atoms with E-state index >= 15 is 0 Å². The molecule has 1 N–H and O–H groups in total. The fourth-order valence-corrected chi connectivity index (χ4v) is 1.87. The molecule has 0 radical (unpaired) electrons. The largest absolute Gasteiger partial charge is 0.462 e. The van der Waals surface area contributed by atoms with Gasteiger partial charge in [0.25, 0.3) is 0 Å². The van der Waals surface area contributed by atoms with Gasteiger partial charge in [-0.15, -0.1) is 5.10 Å². The maximum Gasteiger partial charge on any atom is 0.319 e. The van der Waals surface area contributed by atoms with E-state index in [0.717, 1.165) is 12.2 Å². The number of carbonyl (C=O) groups is 1. The summed E-state index contributed by atoms with van der Waals surface area (Å²) in [6.45, 7) is 9.75. The molecule has 1 aromatic rings. The fourth-order valence-electron chi connectivity index (χ4n) is 1.15. The van der Waals surface area contributed by atoms with Crippen molar-refractivity contribution >= 4 is 17.7 Å². The number of ether oxygens (including phenoxy) is 1. The highest BCUT2D eigenvalue weighted by Crippen LogP contribution is 2.22. The van der Waals surface area contributed by atoms with Crippen molar-refractivity contribution in [1.29, 1.82) is 0 Å². The molecule has 2 unspecified atom stereocenters. The second-order valence-corrected chi connectivity index (χ2v) is 5.88. The van der Waals surface area contributed by atoms with Crippen LogP contribution in [0.1, 0.15) is 52.8 Å². The molecule has 0 spiro atoms. The second kappa shape index (κ2) is 6.78. The highest BCUT2D eigenvalue weighted by Gasteiger charge is 2.20. The minimum atomic E-state index is -0.296. The first kappa shape index (κ1) is 15.0. The molecule has 0 aliphatic carbocycles. The van der Waals surface area contributed by atoms with E-state index in [-0.39, 0.29) is 17.3 Å². The second-order valence-electron chi connectivity index (χ2n) is 4.57. The number of hydrogen-bond donors (Lipinski definition) is 1. The summed E-state index contributed by atoms with van der Waals surface area (Å²) < 4.78 is 5.26. The van der Waals surface area contributed by atoms with Crippen LogP contribution in [0.3, 0.4) is 0 Å². The maximum atomic E-state index is 11.7. The molecule has 0 amide bonds. The Labute approximate surface area is 112 Å². The molecule has 102 valence electrons. The molecule has 6 heteroatoms. The Balaban J connectivity index is 2.52. The zero-order valence-electron chi connectivity index (χ0n) is 11.6. The van der Waals surface area contributed by atoms with Gasteiger partial charge in [0.1, 0.15) is 11.1 Å². The van der Waals surface area contributed by atoms with Crippen molar-refractivity contribution < 1.29 is 9.53 Å². The highest BCUT2D eigenvalue weighted by atomic mass is 32.2. The number of aromatic amines is 1. The summed E-state index contributed by atoms with van der Waals surface area (Å²) in [4.78, 5) is 16.1. The molecule has 0 saturated carbocycles. The van der Waals surface area contributed by atoms with Gasteiger partial charge in [-0.2, -0.15) is 0 Å². The molecule has 0 aromatic carbocycles. The van der Waals surface area contributed by atoms with Crippen LogP contribution in [0.4, 0.5) is 0 Å². The minimum absolute atomic E-state index is 0.0427. The Morgan fingerprint density at radius 1 is 1.39 bits per heavy atom. The first-order valence-electron chi connectivity index (χ1n) is 6.23. The van der Waals surface area contributed by atoms with Gasteiger partial charge in [-0.1, -0.05) is 32.5 Å². The normalized spacial score (nSPS) is 14.6. The molecule has 0 aliphatic heterocycles. The van der Waals surface area contributed by atoms with Gasteiger partial charge in [0, 0.05) is 5.92 Å². The molecular formula is C12H21N3O2S. The predicted octanol–water partition coefficient (Wildman–Crippen LogP) is 2.75. The smallest absolute Gasteiger partial charge is 0.319 e. The van der Waals surface area contributed by atoms with Crippen LogP contribution in [0, 0.1) is 0 Å². The zero-order chi connectivity index (χ0) is 13.7. The summed E-state index contributed by atoms with van der Waals surface area (Å²) in [5.74, 6) is 0.916. The number of hydrogen-bond acceptors (Lipinski definition) is 5. The SMILES string of the molecule is CCC(C)OC(=O)C(C)Sc1n[nH]c(C(C)C)n1. The number of esters is 1. The van der Waals surface area contributed by atoms with E-state index in [0.29, 0.717) is 11.1 Å². The van der Waals surface area contributed by atoms with Crippen molar-refractivity contribution in [3.63, 3.8) is 0 Å². The summed E-state index contributed by atoms with van der Waals surface area (Å²) >= 11 is 1.31. The molecule has 0 aliphatic rings. The van der Waals surface area contributed by atoms with Crippen molar-refractivity contribution in [2.45, 2.75) is 63.5 Å². The maximum absolute atomic E-state index is 11.7. The van der Waals surface area contributed by atoms with Crippen molar-refractivity contribution in [2.75, 3.05) is 0 Å². The Bertz CT molecular complexity index is 392. The molecule has 0 bridgehead atoms. The van der Waals surface area contributed by atoms with E-state index in [1.54, 1.807) is 6.92 Å². The van der Waals surface area contributed by atoms with Gasteiger partial charge in [-0.25, -0.2) is 4.98 Å². The van der Waals surface area contributed by atoms with Crippen LogP contribution < -0.4 is 0 Å². The van der Waals surface area contributed by atoms with Gasteiger partial charge in [0.15, 0.2) is 0 Å². The number of carbonyl (C=O) groups excluding carboxylic acids is 1. The van der Waals surface area contributed by atoms with Crippen LogP contribution in [0.5, 0.6) is 0 Å². The lowest BCUT2D eigenvalue weighted by atomic mass is 10.2. The first-order chi connectivity index (χ1) is 8.43. The number of rotatable bonds is 6. The summed E-state index contributed by atoms with van der Waals surface area (Å²) in [6.07, 6.45) is 0.778. The van der Waals surface area contributed by atoms with E-state index in [9.17, 15) is 4.79 Å². The quantitative estimate of drug-likeness (QED) is 0.636. The van der Waals surface area contributed by atoms with Gasteiger partial charge in [0.05, 0.1) is 6.10 Å². The molecular weight excluding hydrogens is 250 g/mol. The van der Waals surface area contributed by atoms with E-state index in [1.165, 1.54) is 11.8 Å². The molecule has 18 heavy (non-hydrogen) atoms. The van der Waals surface area contributed by atoms with Crippen molar-refractivity contribution in [1.82, 2.24) is 15.2 Å². The number of nitrogens with zero attached hydrogens (tertiary/aromatic N) is 2. The van der Waals surface area contributed by atoms with Crippen LogP contribution >= 0.6 is 11.8 Å². The molecule has 0 saturated heterocycles. The van der Waals surface area contributed by atoms with Crippen LogP contribution in [0.25, 0.3) is 0 Å². The Morgan fingerprint density at radius 3 is 2.56 bits per heavy atom. The van der Waals surface area contributed by atoms with E-state index in [4.69, 9.17) is 4.74 Å². The van der Waals surface area contributed by atoms with E-state index < -0.39 is 0 Å². The number of aromatic nitrogens is 3. The third-order valence-electron chi connectivity index (χ3n) is 2.54. The standard InChI is InChI=1S/C12H21N3O2S/c1-6-8(4)17-11(16)9(5)18-12-13-10(7(2)3)14-15-12/h7-9H,6H2,1-5H3,(H,13,14,15). The lowest BCUT2D eigenvalue weighted by molar-refractivity contribution is -0.147. The van der Waals surface area contributed by atoms with Crippen LogP contribution in [0.15, 0.2) is 5.16 Å². The zero-order valence-corrected chi connectivity index (χ0v) is 12.4. The summed E-state index contributed by atoms with van der Waals surface area (Å²) in [7, 11) is 0. The van der Waals surface area contributed by atoms with Crippen LogP contribution in [-0.2, 0) is 9.53 Å². The molecule has 1 heterocycles. The third-order valence-corrected chi connectivity index (χ3v) is 3.47. The predicted molar refractivity (Wildman–Crippen MR) is 71.6 cm³/mol. The van der Waals surface area contributed by atoms with Crippen LogP contribution in [0.2, 0.25) is 0 Å². The summed E-state index contributed by atoms with van der Waals surface area (Å²) in [6, 6.07) is 0. The first-order valence-corrected chi connectivity index (χ1v) is 7.11. The van der Waals surface area contributed by atoms with Gasteiger partial charge in [-0.05, 0) is 20.3 Å². The Hall–Kier alpha value is -1.04. The average molecular weight is 271 g/mol. The fraction of sp³-hybridized carbons (Fsp3) is 0.750. The van der Waals surface area contributed by atoms with Crippen molar-refractivity contribution in [2.24, 2.45) is 0 Å². The molecule has 0 fully saturated rings. The number of nitrogens with one attached hydrogen (secondary N) is 1. The topological polar surface area (TPSA) is 67.9 Å². The molecule has 1 aromatic heterocycles. The van der Waals surface area contributed by atoms with Gasteiger partial charge in [-0.3, -0.25) is 9.89 Å². The lowest BCUT2D eigenvalue weighted by Crippen LogP contribution is -2.22. The molecule has 1 rings (SSSR count). The third kappa shape index (κ3) is 4.33. The van der Waals surface area contributed by atoms with E-state index in [2.05, 4.69) is 15.2 Å². The van der Waals surface area contributed by atoms with Crippen LogP contribution in [-0.4, -0.2) is 32.5 Å². The average Bonchev–Trinajstić information content (AvgIpc) is 2.77. The Morgan fingerprint density at radius 2 is 2.06 bits per heavy atom. The number of H-pyrrole nitrogens is 1. The van der Waals surface area contributed by atoms with Gasteiger partial charge < -0.3 is 4.74 Å². The lowest BCUT2D eigenvalue weighted by Gasteiger charge is -2.13. The monoisotopic (exact) mass is 271 g/mol. The Kier molecular flexibility index (Phi) is 5.65. The number of thioether (sulfide) groups is 1. The highest BCUT2D eigenvalue weighted by molar-refractivity contribution is 8.00. The summed E-state index contributed by atoms with van der Waals surface area (Å²) in [5, 5.41) is 7.24. The van der Waals surface area contributed by atoms with Gasteiger partial charge >= 0.3 is 5.97 Å². The summed E-state index contributed by atoms with van der Waals surface area (Å²) in [5.41, 5.74) is 0. The molecule has 5 nitrogen and oxygen atoms in total. The van der Waals surface area contributed by atoms with Crippen molar-refractivity contribution in [3.05, 3.63) is 5.82 Å². The van der Waals surface area contributed by atoms with Crippen molar-refractivity contribution in [3.8, 4) is 0 Å². The minimum Gasteiger partial charge on any atom is -0.462 e. The van der Waals surface area contributed by atoms with Gasteiger partial charge in [0.2, 0.25) is 5.16 Å². The molecule has 2 atom stereocenters. The van der Waals surface area contributed by atoms with E-state index in [1.807, 2.05) is 27.7 Å².